The Morgan fingerprint density at radius 3 is 2.11 bits per heavy atom. The first-order valence-corrected chi connectivity index (χ1v) is 7.23. The van der Waals surface area contributed by atoms with Gasteiger partial charge in [-0.15, -0.1) is 0 Å². The maximum atomic E-state index is 11.8. The fourth-order valence-corrected chi connectivity index (χ4v) is 2.39. The number of carbonyl (C=O) groups is 2. The number of carbonyl (C=O) groups excluding carboxylic acids is 2. The lowest BCUT2D eigenvalue weighted by Gasteiger charge is -2.23. The maximum absolute atomic E-state index is 11.8. The summed E-state index contributed by atoms with van der Waals surface area (Å²) in [5.41, 5.74) is 0. The maximum Gasteiger partial charge on any atom is 0.320 e. The molecule has 0 amide bonds. The summed E-state index contributed by atoms with van der Waals surface area (Å²) >= 11 is 0. The number of ether oxygens (including phenoxy) is 2. The lowest BCUT2D eigenvalue weighted by atomic mass is 9.89. The highest BCUT2D eigenvalue weighted by Crippen LogP contribution is 2.22. The highest BCUT2D eigenvalue weighted by molar-refractivity contribution is 5.94. The predicted octanol–water partition coefficient (Wildman–Crippen LogP) is 1.51. The zero-order chi connectivity index (χ0) is 14.1. The molecule has 0 spiro atoms. The highest BCUT2D eigenvalue weighted by atomic mass is 16.6. The van der Waals surface area contributed by atoms with Gasteiger partial charge in [-0.1, -0.05) is 0 Å². The smallest absolute Gasteiger partial charge is 0.320 e. The first-order valence-electron chi connectivity index (χ1n) is 7.23. The van der Waals surface area contributed by atoms with Crippen molar-refractivity contribution in [3.8, 4) is 0 Å². The van der Waals surface area contributed by atoms with E-state index in [0.29, 0.717) is 25.6 Å². The summed E-state index contributed by atoms with van der Waals surface area (Å²) in [7, 11) is 0. The van der Waals surface area contributed by atoms with Crippen LogP contribution in [0.25, 0.3) is 0 Å². The van der Waals surface area contributed by atoms with Gasteiger partial charge in [0, 0.05) is 0 Å². The zero-order valence-electron chi connectivity index (χ0n) is 11.9. The number of hydrogen-bond acceptors (Lipinski definition) is 5. The molecule has 0 atom stereocenters. The molecule has 1 N–H and O–H groups in total. The first kappa shape index (κ1) is 16.0. The molecule has 0 saturated carbocycles. The molecule has 5 nitrogen and oxygen atoms in total. The van der Waals surface area contributed by atoms with Crippen LogP contribution in [0, 0.1) is 11.8 Å². The van der Waals surface area contributed by atoms with Crippen LogP contribution in [-0.2, 0) is 19.1 Å². The molecule has 5 heteroatoms. The van der Waals surface area contributed by atoms with E-state index in [-0.39, 0.29) is 0 Å². The number of piperidine rings is 1. The molecule has 0 aliphatic carbocycles. The van der Waals surface area contributed by atoms with Gasteiger partial charge in [-0.05, 0) is 58.5 Å². The second kappa shape index (κ2) is 8.91. The average molecular weight is 271 g/mol. The first-order chi connectivity index (χ1) is 9.19. The molecule has 0 radical (unpaired) electrons. The van der Waals surface area contributed by atoms with Crippen molar-refractivity contribution in [1.82, 2.24) is 5.32 Å². The Morgan fingerprint density at radius 2 is 1.63 bits per heavy atom. The third-order valence-electron chi connectivity index (χ3n) is 3.46. The fraction of sp³-hybridized carbons (Fsp3) is 0.857. The van der Waals surface area contributed by atoms with Crippen molar-refractivity contribution in [3.63, 3.8) is 0 Å². The molecular weight excluding hydrogens is 246 g/mol. The van der Waals surface area contributed by atoms with Crippen LogP contribution in [0.1, 0.15) is 39.5 Å². The van der Waals surface area contributed by atoms with Crippen LogP contribution in [-0.4, -0.2) is 38.2 Å². The minimum Gasteiger partial charge on any atom is -0.465 e. The van der Waals surface area contributed by atoms with E-state index in [4.69, 9.17) is 9.47 Å². The van der Waals surface area contributed by atoms with Crippen LogP contribution in [0.5, 0.6) is 0 Å². The van der Waals surface area contributed by atoms with E-state index in [1.807, 2.05) is 0 Å². The minimum absolute atomic E-state index is 0.294. The number of rotatable bonds is 7. The summed E-state index contributed by atoms with van der Waals surface area (Å²) in [5.74, 6) is -1.06. The summed E-state index contributed by atoms with van der Waals surface area (Å²) < 4.78 is 9.92. The molecule has 1 heterocycles. The molecule has 1 aliphatic heterocycles. The van der Waals surface area contributed by atoms with Gasteiger partial charge >= 0.3 is 11.9 Å². The highest BCUT2D eigenvalue weighted by Gasteiger charge is 2.30. The van der Waals surface area contributed by atoms with Gasteiger partial charge < -0.3 is 14.8 Å². The summed E-state index contributed by atoms with van der Waals surface area (Å²) in [6.07, 6.45) is 3.63. The Bertz CT molecular complexity index is 269. The van der Waals surface area contributed by atoms with Gasteiger partial charge in [0.05, 0.1) is 13.2 Å². The second-order valence-electron chi connectivity index (χ2n) is 4.83. The summed E-state index contributed by atoms with van der Waals surface area (Å²) in [5, 5.41) is 3.31. The van der Waals surface area contributed by atoms with Gasteiger partial charge in [-0.2, -0.15) is 0 Å². The Kier molecular flexibility index (Phi) is 7.48. The van der Waals surface area contributed by atoms with E-state index in [1.165, 1.54) is 0 Å². The van der Waals surface area contributed by atoms with Crippen LogP contribution in [0.2, 0.25) is 0 Å². The Labute approximate surface area is 115 Å². The molecule has 19 heavy (non-hydrogen) atoms. The van der Waals surface area contributed by atoms with Crippen LogP contribution in [0.4, 0.5) is 0 Å². The number of hydrogen-bond donors (Lipinski definition) is 1. The van der Waals surface area contributed by atoms with Gasteiger partial charge in [0.2, 0.25) is 0 Å². The van der Waals surface area contributed by atoms with Crippen LogP contribution < -0.4 is 5.32 Å². The van der Waals surface area contributed by atoms with Crippen LogP contribution in [0.3, 0.4) is 0 Å². The molecule has 0 bridgehead atoms. The van der Waals surface area contributed by atoms with Crippen molar-refractivity contribution >= 4 is 11.9 Å². The monoisotopic (exact) mass is 271 g/mol. The van der Waals surface area contributed by atoms with E-state index in [9.17, 15) is 9.59 Å². The molecule has 1 rings (SSSR count). The van der Waals surface area contributed by atoms with Crippen molar-refractivity contribution in [1.29, 1.82) is 0 Å². The molecular formula is C14H25NO4. The Morgan fingerprint density at radius 1 is 1.11 bits per heavy atom. The average Bonchev–Trinajstić information content (AvgIpc) is 2.41. The van der Waals surface area contributed by atoms with Crippen molar-refractivity contribution in [2.24, 2.45) is 11.8 Å². The van der Waals surface area contributed by atoms with E-state index >= 15 is 0 Å². The summed E-state index contributed by atoms with van der Waals surface area (Å²) in [4.78, 5) is 23.6. The van der Waals surface area contributed by atoms with Crippen molar-refractivity contribution < 1.29 is 19.1 Å². The van der Waals surface area contributed by atoms with E-state index < -0.39 is 17.9 Å². The zero-order valence-corrected chi connectivity index (χ0v) is 11.9. The van der Waals surface area contributed by atoms with Gasteiger partial charge in [0.25, 0.3) is 0 Å². The van der Waals surface area contributed by atoms with Crippen molar-refractivity contribution in [3.05, 3.63) is 0 Å². The van der Waals surface area contributed by atoms with E-state index in [2.05, 4.69) is 5.32 Å². The van der Waals surface area contributed by atoms with Gasteiger partial charge in [-0.25, -0.2) is 0 Å². The molecule has 1 aliphatic rings. The third kappa shape index (κ3) is 5.59. The quantitative estimate of drug-likeness (QED) is 0.561. The van der Waals surface area contributed by atoms with Crippen LogP contribution >= 0.6 is 0 Å². The molecule has 0 aromatic heterocycles. The minimum atomic E-state index is -0.755. The topological polar surface area (TPSA) is 64.6 Å². The van der Waals surface area contributed by atoms with Gasteiger partial charge in [0.1, 0.15) is 0 Å². The normalized spacial score (nSPS) is 16.4. The number of esters is 2. The second-order valence-corrected chi connectivity index (χ2v) is 4.83. The molecule has 1 fully saturated rings. The van der Waals surface area contributed by atoms with E-state index in [1.54, 1.807) is 13.8 Å². The van der Waals surface area contributed by atoms with Crippen molar-refractivity contribution in [2.45, 2.75) is 39.5 Å². The fourth-order valence-electron chi connectivity index (χ4n) is 2.39. The Hall–Kier alpha value is -1.10. The molecule has 0 unspecified atom stereocenters. The summed E-state index contributed by atoms with van der Waals surface area (Å²) in [6, 6.07) is 0. The predicted molar refractivity (Wildman–Crippen MR) is 71.6 cm³/mol. The Balaban J connectivity index is 2.47. The molecule has 110 valence electrons. The summed E-state index contributed by atoms with van der Waals surface area (Å²) in [6.45, 7) is 6.12. The molecule has 1 saturated heterocycles. The van der Waals surface area contributed by atoms with Crippen LogP contribution in [0.15, 0.2) is 0 Å². The van der Waals surface area contributed by atoms with E-state index in [0.717, 1.165) is 32.4 Å². The largest absolute Gasteiger partial charge is 0.465 e. The third-order valence-corrected chi connectivity index (χ3v) is 3.46. The van der Waals surface area contributed by atoms with Crippen molar-refractivity contribution in [2.75, 3.05) is 26.3 Å². The number of nitrogens with one attached hydrogen (secondary N) is 1. The standard InChI is InChI=1S/C14H25NO4/c1-3-18-13(16)12(14(17)19-4-2)6-5-11-7-9-15-10-8-11/h11-12,15H,3-10H2,1-2H3. The lowest BCUT2D eigenvalue weighted by Crippen LogP contribution is -2.31. The van der Waals surface area contributed by atoms with Gasteiger partial charge in [0.15, 0.2) is 5.92 Å². The SMILES string of the molecule is CCOC(=O)C(CCC1CCNCC1)C(=O)OCC. The van der Waals surface area contributed by atoms with Gasteiger partial charge in [-0.3, -0.25) is 9.59 Å². The molecule has 0 aromatic rings. The molecule has 0 aromatic carbocycles. The lowest BCUT2D eigenvalue weighted by molar-refractivity contribution is -0.162.